The van der Waals surface area contributed by atoms with Crippen molar-refractivity contribution in [2.24, 2.45) is 5.10 Å². The Hall–Kier alpha value is -3.02. The van der Waals surface area contributed by atoms with E-state index in [1.165, 1.54) is 0 Å². The maximum absolute atomic E-state index is 11.8. The molecule has 0 radical (unpaired) electrons. The topological polar surface area (TPSA) is 69.2 Å². The first-order valence-electron chi connectivity index (χ1n) is 9.44. The number of hydrogen-bond acceptors (Lipinski definition) is 5. The summed E-state index contributed by atoms with van der Waals surface area (Å²) in [5.74, 6) is 1.64. The highest BCUT2D eigenvalue weighted by atomic mass is 16.5. The predicted molar refractivity (Wildman–Crippen MR) is 110 cm³/mol. The van der Waals surface area contributed by atoms with Crippen molar-refractivity contribution in [2.75, 3.05) is 20.3 Å². The number of nitrogens with one attached hydrogen (secondary N) is 1. The SMILES string of the molecule is CCCCCOc1ccc(/C=N/NC(=O)COc2ccc(C)cc2)cc1OC. The number of hydrogen-bond donors (Lipinski definition) is 1. The molecule has 0 spiro atoms. The van der Waals surface area contributed by atoms with Crippen molar-refractivity contribution in [3.63, 3.8) is 0 Å². The molecule has 2 rings (SSSR count). The molecule has 0 unspecified atom stereocenters. The summed E-state index contributed by atoms with van der Waals surface area (Å²) in [4.78, 5) is 11.8. The van der Waals surface area contributed by atoms with E-state index in [0.29, 0.717) is 23.9 Å². The third kappa shape index (κ3) is 7.31. The second kappa shape index (κ2) is 11.6. The second-order valence-corrected chi connectivity index (χ2v) is 6.36. The minimum atomic E-state index is -0.334. The first-order valence-corrected chi connectivity index (χ1v) is 9.44. The van der Waals surface area contributed by atoms with E-state index in [-0.39, 0.29) is 12.5 Å². The van der Waals surface area contributed by atoms with Crippen molar-refractivity contribution < 1.29 is 19.0 Å². The summed E-state index contributed by atoms with van der Waals surface area (Å²) in [5, 5.41) is 3.96. The van der Waals surface area contributed by atoms with Crippen molar-refractivity contribution in [3.8, 4) is 17.2 Å². The van der Waals surface area contributed by atoms with E-state index in [1.807, 2.05) is 49.4 Å². The van der Waals surface area contributed by atoms with E-state index in [0.717, 1.165) is 30.4 Å². The van der Waals surface area contributed by atoms with Gasteiger partial charge in [-0.3, -0.25) is 4.79 Å². The smallest absolute Gasteiger partial charge is 0.277 e. The van der Waals surface area contributed by atoms with Crippen LogP contribution in [0.5, 0.6) is 17.2 Å². The summed E-state index contributed by atoms with van der Waals surface area (Å²) in [6.45, 7) is 4.70. The summed E-state index contributed by atoms with van der Waals surface area (Å²) < 4.78 is 16.5. The Morgan fingerprint density at radius 1 is 1.07 bits per heavy atom. The van der Waals surface area contributed by atoms with Gasteiger partial charge in [0.05, 0.1) is 19.9 Å². The number of rotatable bonds is 11. The number of carbonyl (C=O) groups is 1. The molecule has 0 saturated carbocycles. The maximum atomic E-state index is 11.8. The summed E-state index contributed by atoms with van der Waals surface area (Å²) in [6, 6.07) is 13.0. The molecule has 2 aromatic rings. The number of unbranched alkanes of at least 4 members (excludes halogenated alkanes) is 2. The van der Waals surface area contributed by atoms with Crippen LogP contribution in [0.4, 0.5) is 0 Å². The number of amides is 1. The number of ether oxygens (including phenoxy) is 3. The molecule has 0 saturated heterocycles. The van der Waals surface area contributed by atoms with Gasteiger partial charge < -0.3 is 14.2 Å². The number of aryl methyl sites for hydroxylation is 1. The number of carbonyl (C=O) groups excluding carboxylic acids is 1. The maximum Gasteiger partial charge on any atom is 0.277 e. The third-order valence-corrected chi connectivity index (χ3v) is 3.99. The Labute approximate surface area is 166 Å². The molecular formula is C22H28N2O4. The van der Waals surface area contributed by atoms with Crippen LogP contribution in [0.3, 0.4) is 0 Å². The molecule has 0 bridgehead atoms. The van der Waals surface area contributed by atoms with Gasteiger partial charge in [-0.15, -0.1) is 0 Å². The third-order valence-electron chi connectivity index (χ3n) is 3.99. The predicted octanol–water partition coefficient (Wildman–Crippen LogP) is 4.10. The van der Waals surface area contributed by atoms with E-state index in [9.17, 15) is 4.79 Å². The summed E-state index contributed by atoms with van der Waals surface area (Å²) in [6.07, 6.45) is 4.85. The van der Waals surface area contributed by atoms with Crippen LogP contribution in [0.25, 0.3) is 0 Å². The number of hydrazone groups is 1. The van der Waals surface area contributed by atoms with Gasteiger partial charge in [0, 0.05) is 0 Å². The lowest BCUT2D eigenvalue weighted by atomic mass is 10.2. The monoisotopic (exact) mass is 384 g/mol. The fourth-order valence-corrected chi connectivity index (χ4v) is 2.41. The van der Waals surface area contributed by atoms with Crippen molar-refractivity contribution in [1.29, 1.82) is 0 Å². The van der Waals surface area contributed by atoms with E-state index >= 15 is 0 Å². The molecule has 1 amide bonds. The molecule has 6 heteroatoms. The van der Waals surface area contributed by atoms with Gasteiger partial charge in [0.1, 0.15) is 5.75 Å². The number of nitrogens with zero attached hydrogens (tertiary/aromatic N) is 1. The van der Waals surface area contributed by atoms with Crippen molar-refractivity contribution >= 4 is 12.1 Å². The van der Waals surface area contributed by atoms with E-state index < -0.39 is 0 Å². The zero-order valence-corrected chi connectivity index (χ0v) is 16.7. The van der Waals surface area contributed by atoms with Crippen LogP contribution < -0.4 is 19.6 Å². The van der Waals surface area contributed by atoms with Gasteiger partial charge in [-0.2, -0.15) is 5.10 Å². The normalized spacial score (nSPS) is 10.7. The van der Waals surface area contributed by atoms with Crippen LogP contribution in [-0.4, -0.2) is 32.4 Å². The Bertz CT molecular complexity index is 773. The molecule has 0 atom stereocenters. The fourth-order valence-electron chi connectivity index (χ4n) is 2.41. The minimum Gasteiger partial charge on any atom is -0.493 e. The Morgan fingerprint density at radius 3 is 2.57 bits per heavy atom. The largest absolute Gasteiger partial charge is 0.493 e. The van der Waals surface area contributed by atoms with E-state index in [1.54, 1.807) is 13.3 Å². The molecule has 0 fully saturated rings. The lowest BCUT2D eigenvalue weighted by molar-refractivity contribution is -0.123. The van der Waals surface area contributed by atoms with Gasteiger partial charge in [-0.1, -0.05) is 37.5 Å². The summed E-state index contributed by atoms with van der Waals surface area (Å²) in [7, 11) is 1.60. The van der Waals surface area contributed by atoms with E-state index in [2.05, 4.69) is 17.5 Å². The van der Waals surface area contributed by atoms with Crippen molar-refractivity contribution in [2.45, 2.75) is 33.1 Å². The zero-order chi connectivity index (χ0) is 20.2. The highest BCUT2D eigenvalue weighted by Gasteiger charge is 2.05. The molecule has 0 aromatic heterocycles. The van der Waals surface area contributed by atoms with Crippen LogP contribution >= 0.6 is 0 Å². The molecule has 28 heavy (non-hydrogen) atoms. The molecule has 0 aliphatic carbocycles. The molecule has 0 aliphatic rings. The highest BCUT2D eigenvalue weighted by molar-refractivity contribution is 5.83. The number of benzene rings is 2. The zero-order valence-electron chi connectivity index (χ0n) is 16.7. The average Bonchev–Trinajstić information content (AvgIpc) is 2.71. The van der Waals surface area contributed by atoms with Gasteiger partial charge in [0.25, 0.3) is 5.91 Å². The van der Waals surface area contributed by atoms with Gasteiger partial charge in [-0.25, -0.2) is 5.43 Å². The summed E-state index contributed by atoms with van der Waals surface area (Å²) in [5.41, 5.74) is 4.37. The van der Waals surface area contributed by atoms with Crippen LogP contribution in [0.2, 0.25) is 0 Å². The van der Waals surface area contributed by atoms with Crippen molar-refractivity contribution in [1.82, 2.24) is 5.43 Å². The number of methoxy groups -OCH3 is 1. The second-order valence-electron chi connectivity index (χ2n) is 6.36. The standard InChI is InChI=1S/C22H28N2O4/c1-4-5-6-13-27-20-12-9-18(14-21(20)26-3)15-23-24-22(25)16-28-19-10-7-17(2)8-11-19/h7-12,14-15H,4-6,13,16H2,1-3H3,(H,24,25)/b23-15+. The quantitative estimate of drug-likeness (QED) is 0.360. The Kier molecular flexibility index (Phi) is 8.85. The minimum absolute atomic E-state index is 0.103. The molecule has 1 N–H and O–H groups in total. The molecule has 0 aliphatic heterocycles. The lowest BCUT2D eigenvalue weighted by Crippen LogP contribution is -2.24. The van der Waals surface area contributed by atoms with Gasteiger partial charge >= 0.3 is 0 Å². The molecular weight excluding hydrogens is 356 g/mol. The van der Waals surface area contributed by atoms with Crippen LogP contribution in [0.1, 0.15) is 37.3 Å². The first kappa shape index (κ1) is 21.3. The lowest BCUT2D eigenvalue weighted by Gasteiger charge is -2.11. The van der Waals surface area contributed by atoms with Crippen molar-refractivity contribution in [3.05, 3.63) is 53.6 Å². The van der Waals surface area contributed by atoms with Crippen LogP contribution in [0.15, 0.2) is 47.6 Å². The Balaban J connectivity index is 1.82. The molecule has 6 nitrogen and oxygen atoms in total. The van der Waals surface area contributed by atoms with Crippen LogP contribution in [0, 0.1) is 6.92 Å². The Morgan fingerprint density at radius 2 is 1.86 bits per heavy atom. The first-order chi connectivity index (χ1) is 13.6. The van der Waals surface area contributed by atoms with Crippen LogP contribution in [-0.2, 0) is 4.79 Å². The summed E-state index contributed by atoms with van der Waals surface area (Å²) >= 11 is 0. The molecule has 150 valence electrons. The molecule has 2 aromatic carbocycles. The van der Waals surface area contributed by atoms with E-state index in [4.69, 9.17) is 14.2 Å². The molecule has 0 heterocycles. The average molecular weight is 384 g/mol. The van der Waals surface area contributed by atoms with Gasteiger partial charge in [0.2, 0.25) is 0 Å². The van der Waals surface area contributed by atoms with Gasteiger partial charge in [-0.05, 0) is 49.2 Å². The highest BCUT2D eigenvalue weighted by Crippen LogP contribution is 2.27. The fraction of sp³-hybridized carbons (Fsp3) is 0.364. The van der Waals surface area contributed by atoms with Gasteiger partial charge in [0.15, 0.2) is 18.1 Å².